The van der Waals surface area contributed by atoms with E-state index in [2.05, 4.69) is 14.5 Å². The molecule has 0 saturated carbocycles. The molecule has 5 nitrogen and oxygen atoms in total. The molecular weight excluding hydrogens is 280 g/mol. The first-order valence-corrected chi connectivity index (χ1v) is 6.48. The van der Waals surface area contributed by atoms with Crippen LogP contribution in [0.5, 0.6) is 11.6 Å². The van der Waals surface area contributed by atoms with Gasteiger partial charge in [0.25, 0.3) is 15.5 Å². The van der Waals surface area contributed by atoms with Gasteiger partial charge in [0.15, 0.2) is 5.03 Å². The van der Waals surface area contributed by atoms with Crippen molar-refractivity contribution >= 4 is 19.7 Å². The van der Waals surface area contributed by atoms with Crippen molar-refractivity contribution in [2.45, 2.75) is 11.5 Å². The van der Waals surface area contributed by atoms with E-state index in [4.69, 9.17) is 10.7 Å². The summed E-state index contributed by atoms with van der Waals surface area (Å²) in [5, 5.41) is -0.614. The van der Waals surface area contributed by atoms with Crippen molar-refractivity contribution in [1.29, 1.82) is 0 Å². The predicted molar refractivity (Wildman–Crippen MR) is 55.3 cm³/mol. The van der Waals surface area contributed by atoms with Crippen LogP contribution in [0, 0.1) is 0 Å². The number of hydrogen-bond acceptors (Lipinski definition) is 5. The first kappa shape index (κ1) is 13.9. The second-order valence-corrected chi connectivity index (χ2v) is 5.34. The second-order valence-electron chi connectivity index (χ2n) is 2.82. The zero-order valence-corrected chi connectivity index (χ0v) is 10.3. The van der Waals surface area contributed by atoms with Crippen LogP contribution in [0.2, 0.25) is 0 Å². The molecular formula is C8H8ClF2NO4S. The summed E-state index contributed by atoms with van der Waals surface area (Å²) < 4.78 is 56.8. The highest BCUT2D eigenvalue weighted by molar-refractivity contribution is 8.13. The van der Waals surface area contributed by atoms with Crippen molar-refractivity contribution in [3.8, 4) is 11.6 Å². The molecule has 0 atom stereocenters. The number of nitrogens with zero attached hydrogens (tertiary/aromatic N) is 1. The average molecular weight is 288 g/mol. The van der Waals surface area contributed by atoms with Gasteiger partial charge in [-0.25, -0.2) is 17.2 Å². The zero-order chi connectivity index (χ0) is 13.2. The predicted octanol–water partition coefficient (Wildman–Crippen LogP) is 1.96. The fourth-order valence-corrected chi connectivity index (χ4v) is 1.82. The van der Waals surface area contributed by atoms with Crippen molar-refractivity contribution in [2.75, 3.05) is 14.2 Å². The fraction of sp³-hybridized carbons (Fsp3) is 0.375. The van der Waals surface area contributed by atoms with Gasteiger partial charge >= 0.3 is 0 Å². The van der Waals surface area contributed by atoms with Gasteiger partial charge in [0.1, 0.15) is 11.3 Å². The van der Waals surface area contributed by atoms with Crippen molar-refractivity contribution in [3.05, 3.63) is 11.6 Å². The molecule has 0 aliphatic rings. The lowest BCUT2D eigenvalue weighted by Gasteiger charge is -2.12. The highest BCUT2D eigenvalue weighted by atomic mass is 35.7. The Morgan fingerprint density at radius 2 is 1.94 bits per heavy atom. The van der Waals surface area contributed by atoms with Crippen LogP contribution in [-0.2, 0) is 9.05 Å². The SMILES string of the molecule is COc1cc(S(=O)(=O)Cl)nc(OC)c1C(F)F. The molecule has 0 aromatic carbocycles. The maximum atomic E-state index is 12.7. The Labute approximate surface area is 101 Å². The van der Waals surface area contributed by atoms with Gasteiger partial charge in [-0.3, -0.25) is 0 Å². The Morgan fingerprint density at radius 3 is 2.29 bits per heavy atom. The van der Waals surface area contributed by atoms with Gasteiger partial charge in [-0.05, 0) is 0 Å². The summed E-state index contributed by atoms with van der Waals surface area (Å²) in [5.74, 6) is -0.898. The molecule has 0 fully saturated rings. The van der Waals surface area contributed by atoms with Gasteiger partial charge in [0.2, 0.25) is 5.88 Å². The van der Waals surface area contributed by atoms with Gasteiger partial charge in [0, 0.05) is 16.7 Å². The Balaban J connectivity index is 3.56. The minimum absolute atomic E-state index is 0.355. The number of ether oxygens (including phenoxy) is 2. The van der Waals surface area contributed by atoms with Crippen molar-refractivity contribution in [1.82, 2.24) is 4.98 Å². The number of methoxy groups -OCH3 is 2. The number of rotatable bonds is 4. The summed E-state index contributed by atoms with van der Waals surface area (Å²) in [7, 11) is 3.10. The van der Waals surface area contributed by atoms with E-state index in [1.165, 1.54) is 0 Å². The van der Waals surface area contributed by atoms with Gasteiger partial charge in [-0.15, -0.1) is 0 Å². The second kappa shape index (κ2) is 5.01. The van der Waals surface area contributed by atoms with Crippen LogP contribution in [0.4, 0.5) is 8.78 Å². The normalized spacial score (nSPS) is 11.6. The lowest BCUT2D eigenvalue weighted by Crippen LogP contribution is -2.04. The number of halogens is 3. The molecule has 0 N–H and O–H groups in total. The Hall–Kier alpha value is -1.15. The topological polar surface area (TPSA) is 65.5 Å². The van der Waals surface area contributed by atoms with Crippen LogP contribution in [0.3, 0.4) is 0 Å². The van der Waals surface area contributed by atoms with E-state index in [1.807, 2.05) is 0 Å². The number of alkyl halides is 2. The summed E-state index contributed by atoms with van der Waals surface area (Å²) in [5.41, 5.74) is -0.626. The van der Waals surface area contributed by atoms with E-state index in [1.54, 1.807) is 0 Å². The molecule has 0 bridgehead atoms. The molecule has 1 aromatic rings. The monoisotopic (exact) mass is 287 g/mol. The minimum Gasteiger partial charge on any atom is -0.496 e. The summed E-state index contributed by atoms with van der Waals surface area (Å²) in [6.07, 6.45) is -2.92. The number of aromatic nitrogens is 1. The molecule has 1 rings (SSSR count). The van der Waals surface area contributed by atoms with Crippen LogP contribution in [0.15, 0.2) is 11.1 Å². The lowest BCUT2D eigenvalue weighted by molar-refractivity contribution is 0.141. The Kier molecular flexibility index (Phi) is 4.10. The Morgan fingerprint density at radius 1 is 1.35 bits per heavy atom. The van der Waals surface area contributed by atoms with Crippen molar-refractivity contribution in [2.24, 2.45) is 0 Å². The van der Waals surface area contributed by atoms with E-state index in [9.17, 15) is 17.2 Å². The average Bonchev–Trinajstić information content (AvgIpc) is 2.25. The van der Waals surface area contributed by atoms with Gasteiger partial charge in [-0.1, -0.05) is 0 Å². The van der Waals surface area contributed by atoms with E-state index in [0.717, 1.165) is 20.3 Å². The largest absolute Gasteiger partial charge is 0.496 e. The van der Waals surface area contributed by atoms with Crippen LogP contribution >= 0.6 is 10.7 Å². The fourth-order valence-electron chi connectivity index (χ4n) is 1.14. The van der Waals surface area contributed by atoms with Gasteiger partial charge in [0.05, 0.1) is 14.2 Å². The molecule has 0 radical (unpaired) electrons. The first-order valence-electron chi connectivity index (χ1n) is 4.17. The standard InChI is InChI=1S/C8H8ClF2NO4S/c1-15-4-3-5(17(9,13)14)12-8(16-2)6(4)7(10)11/h3,7H,1-2H3. The lowest BCUT2D eigenvalue weighted by atomic mass is 10.2. The van der Waals surface area contributed by atoms with Crippen molar-refractivity contribution in [3.63, 3.8) is 0 Å². The molecule has 0 saturated heterocycles. The highest BCUT2D eigenvalue weighted by Gasteiger charge is 2.25. The van der Waals surface area contributed by atoms with Crippen molar-refractivity contribution < 1.29 is 26.7 Å². The van der Waals surface area contributed by atoms with E-state index in [-0.39, 0.29) is 5.75 Å². The van der Waals surface area contributed by atoms with Crippen LogP contribution in [0.25, 0.3) is 0 Å². The van der Waals surface area contributed by atoms with Crippen LogP contribution < -0.4 is 9.47 Å². The summed E-state index contributed by atoms with van der Waals surface area (Å²) >= 11 is 0. The molecule has 0 amide bonds. The molecule has 0 aliphatic carbocycles. The van der Waals surface area contributed by atoms with E-state index < -0.39 is 31.9 Å². The third-order valence-electron chi connectivity index (χ3n) is 1.84. The first-order chi connectivity index (χ1) is 7.81. The summed E-state index contributed by atoms with van der Waals surface area (Å²) in [4.78, 5) is 3.39. The maximum Gasteiger partial charge on any atom is 0.278 e. The molecule has 0 spiro atoms. The zero-order valence-electron chi connectivity index (χ0n) is 8.78. The summed E-state index contributed by atoms with van der Waals surface area (Å²) in [6, 6.07) is 0.812. The van der Waals surface area contributed by atoms with E-state index in [0.29, 0.717) is 0 Å². The maximum absolute atomic E-state index is 12.7. The molecule has 96 valence electrons. The smallest absolute Gasteiger partial charge is 0.278 e. The highest BCUT2D eigenvalue weighted by Crippen LogP contribution is 2.37. The quantitative estimate of drug-likeness (QED) is 0.792. The third-order valence-corrected chi connectivity index (χ3v) is 3.03. The van der Waals surface area contributed by atoms with E-state index >= 15 is 0 Å². The van der Waals surface area contributed by atoms with Crippen LogP contribution in [0.1, 0.15) is 12.0 Å². The third kappa shape index (κ3) is 2.95. The minimum atomic E-state index is -4.15. The van der Waals surface area contributed by atoms with Gasteiger partial charge < -0.3 is 9.47 Å². The Bertz CT molecular complexity index is 495. The number of hydrogen-bond donors (Lipinski definition) is 0. The molecule has 0 aliphatic heterocycles. The molecule has 1 aromatic heterocycles. The number of pyridine rings is 1. The molecule has 17 heavy (non-hydrogen) atoms. The molecule has 1 heterocycles. The molecule has 9 heteroatoms. The van der Waals surface area contributed by atoms with Crippen LogP contribution in [-0.4, -0.2) is 27.6 Å². The molecule has 0 unspecified atom stereocenters. The van der Waals surface area contributed by atoms with Gasteiger partial charge in [-0.2, -0.15) is 4.98 Å². The summed E-state index contributed by atoms with van der Waals surface area (Å²) in [6.45, 7) is 0.